The molecule has 2 N–H and O–H groups in total. The van der Waals surface area contributed by atoms with Gasteiger partial charge in [-0.2, -0.15) is 0 Å². The van der Waals surface area contributed by atoms with Gasteiger partial charge in [-0.25, -0.2) is 4.79 Å². The van der Waals surface area contributed by atoms with Gasteiger partial charge in [0.05, 0.1) is 10.5 Å². The standard InChI is InChI=1S/C16H22N2O5/c1-3-5-6-7-8-14(19)17-15-11(4-2)12(16(20)21)9-10-13(15)18(22)23/h9-10H,3-8H2,1-2H3,(H,17,19)(H,20,21). The summed E-state index contributed by atoms with van der Waals surface area (Å²) in [6.07, 6.45) is 4.23. The lowest BCUT2D eigenvalue weighted by atomic mass is 10.0. The summed E-state index contributed by atoms with van der Waals surface area (Å²) in [6.45, 7) is 3.76. The maximum Gasteiger partial charge on any atom is 0.336 e. The van der Waals surface area contributed by atoms with Gasteiger partial charge in [0, 0.05) is 12.5 Å². The number of aromatic carboxylic acids is 1. The molecule has 0 fully saturated rings. The average Bonchev–Trinajstić information content (AvgIpc) is 2.50. The van der Waals surface area contributed by atoms with Crippen LogP contribution in [0.25, 0.3) is 0 Å². The number of carbonyl (C=O) groups is 2. The van der Waals surface area contributed by atoms with Gasteiger partial charge in [0.15, 0.2) is 0 Å². The Morgan fingerprint density at radius 3 is 2.43 bits per heavy atom. The Hall–Kier alpha value is -2.44. The van der Waals surface area contributed by atoms with Gasteiger partial charge in [0.2, 0.25) is 5.91 Å². The molecule has 23 heavy (non-hydrogen) atoms. The normalized spacial score (nSPS) is 10.3. The van der Waals surface area contributed by atoms with Gasteiger partial charge in [-0.15, -0.1) is 0 Å². The van der Waals surface area contributed by atoms with Crippen molar-refractivity contribution in [3.63, 3.8) is 0 Å². The summed E-state index contributed by atoms with van der Waals surface area (Å²) in [5.74, 6) is -1.50. The van der Waals surface area contributed by atoms with Crippen LogP contribution in [-0.2, 0) is 11.2 Å². The number of rotatable bonds is 9. The van der Waals surface area contributed by atoms with Crippen LogP contribution in [0, 0.1) is 10.1 Å². The van der Waals surface area contributed by atoms with Crippen LogP contribution in [0.2, 0.25) is 0 Å². The molecule has 0 atom stereocenters. The summed E-state index contributed by atoms with van der Waals surface area (Å²) < 4.78 is 0. The third-order valence-corrected chi connectivity index (χ3v) is 3.59. The molecule has 1 aromatic carbocycles. The minimum absolute atomic E-state index is 0.00195. The maximum absolute atomic E-state index is 12.0. The van der Waals surface area contributed by atoms with Crippen molar-refractivity contribution in [2.45, 2.75) is 52.4 Å². The van der Waals surface area contributed by atoms with Crippen molar-refractivity contribution in [1.29, 1.82) is 0 Å². The molecule has 0 radical (unpaired) electrons. The molecule has 126 valence electrons. The molecule has 0 heterocycles. The van der Waals surface area contributed by atoms with E-state index in [4.69, 9.17) is 0 Å². The summed E-state index contributed by atoms with van der Waals surface area (Å²) in [5.41, 5.74) is -0.0420. The Balaban J connectivity index is 3.06. The third-order valence-electron chi connectivity index (χ3n) is 3.59. The van der Waals surface area contributed by atoms with E-state index in [1.165, 1.54) is 6.07 Å². The molecule has 0 bridgehead atoms. The van der Waals surface area contributed by atoms with Crippen LogP contribution >= 0.6 is 0 Å². The number of anilines is 1. The van der Waals surface area contributed by atoms with Gasteiger partial charge in [0.1, 0.15) is 5.69 Å². The molecule has 0 unspecified atom stereocenters. The number of carboxylic acids is 1. The molecule has 7 heteroatoms. The number of nitro benzene ring substituents is 1. The van der Waals surface area contributed by atoms with Crippen LogP contribution in [-0.4, -0.2) is 21.9 Å². The zero-order valence-corrected chi connectivity index (χ0v) is 13.4. The van der Waals surface area contributed by atoms with Crippen LogP contribution in [0.3, 0.4) is 0 Å². The summed E-state index contributed by atoms with van der Waals surface area (Å²) in [4.78, 5) is 33.8. The second-order valence-corrected chi connectivity index (χ2v) is 5.26. The highest BCUT2D eigenvalue weighted by Gasteiger charge is 2.24. The first-order valence-electron chi connectivity index (χ1n) is 7.75. The van der Waals surface area contributed by atoms with Crippen LogP contribution in [0.5, 0.6) is 0 Å². The van der Waals surface area contributed by atoms with E-state index in [9.17, 15) is 24.8 Å². The topological polar surface area (TPSA) is 110 Å². The Morgan fingerprint density at radius 1 is 1.22 bits per heavy atom. The lowest BCUT2D eigenvalue weighted by Crippen LogP contribution is -2.16. The second-order valence-electron chi connectivity index (χ2n) is 5.26. The van der Waals surface area contributed by atoms with Crippen molar-refractivity contribution < 1.29 is 19.6 Å². The van der Waals surface area contributed by atoms with E-state index in [1.54, 1.807) is 6.92 Å². The van der Waals surface area contributed by atoms with Gasteiger partial charge in [0.25, 0.3) is 5.69 Å². The highest BCUT2D eigenvalue weighted by atomic mass is 16.6. The lowest BCUT2D eigenvalue weighted by molar-refractivity contribution is -0.384. The Morgan fingerprint density at radius 2 is 1.91 bits per heavy atom. The summed E-state index contributed by atoms with van der Waals surface area (Å²) in [7, 11) is 0. The van der Waals surface area contributed by atoms with Crippen molar-refractivity contribution in [3.05, 3.63) is 33.4 Å². The van der Waals surface area contributed by atoms with Crippen molar-refractivity contribution in [2.75, 3.05) is 5.32 Å². The molecule has 1 aromatic rings. The molecular formula is C16H22N2O5. The number of nitro groups is 1. The van der Waals surface area contributed by atoms with Gasteiger partial charge in [-0.1, -0.05) is 33.1 Å². The fraction of sp³-hybridized carbons (Fsp3) is 0.500. The molecule has 0 aliphatic carbocycles. The molecule has 0 aromatic heterocycles. The number of carboxylic acid groups (broad SMARTS) is 1. The van der Waals surface area contributed by atoms with E-state index >= 15 is 0 Å². The minimum Gasteiger partial charge on any atom is -0.478 e. The molecule has 0 saturated carbocycles. The van der Waals surface area contributed by atoms with E-state index in [1.807, 2.05) is 0 Å². The largest absolute Gasteiger partial charge is 0.478 e. The molecule has 0 aliphatic heterocycles. The SMILES string of the molecule is CCCCCCC(=O)Nc1c([N+](=O)[O-])ccc(C(=O)O)c1CC. The summed E-state index contributed by atoms with van der Waals surface area (Å²) in [6, 6.07) is 2.32. The molecular weight excluding hydrogens is 300 g/mol. The zero-order valence-electron chi connectivity index (χ0n) is 13.4. The fourth-order valence-electron chi connectivity index (χ4n) is 2.41. The van der Waals surface area contributed by atoms with E-state index in [0.29, 0.717) is 6.42 Å². The van der Waals surface area contributed by atoms with Crippen molar-refractivity contribution in [3.8, 4) is 0 Å². The average molecular weight is 322 g/mol. The molecule has 7 nitrogen and oxygen atoms in total. The second kappa shape index (κ2) is 8.87. The molecule has 0 aliphatic rings. The van der Waals surface area contributed by atoms with Crippen LogP contribution in [0.15, 0.2) is 12.1 Å². The van der Waals surface area contributed by atoms with Crippen LogP contribution in [0.1, 0.15) is 61.9 Å². The lowest BCUT2D eigenvalue weighted by Gasteiger charge is -2.13. The first-order valence-corrected chi connectivity index (χ1v) is 7.75. The Labute approximate surface area is 134 Å². The minimum atomic E-state index is -1.17. The van der Waals surface area contributed by atoms with Crippen molar-refractivity contribution in [2.24, 2.45) is 0 Å². The fourth-order valence-corrected chi connectivity index (χ4v) is 2.41. The predicted molar refractivity (Wildman–Crippen MR) is 86.8 cm³/mol. The van der Waals surface area contributed by atoms with E-state index in [2.05, 4.69) is 12.2 Å². The molecule has 0 saturated heterocycles. The Kier molecular flexibility index (Phi) is 7.18. The third kappa shape index (κ3) is 5.05. The Bertz CT molecular complexity index is 598. The van der Waals surface area contributed by atoms with Gasteiger partial charge in [-0.3, -0.25) is 14.9 Å². The molecule has 1 amide bonds. The highest BCUT2D eigenvalue weighted by Crippen LogP contribution is 2.32. The zero-order chi connectivity index (χ0) is 17.4. The van der Waals surface area contributed by atoms with Gasteiger partial charge < -0.3 is 10.4 Å². The predicted octanol–water partition coefficient (Wildman–Crippen LogP) is 3.76. The number of amides is 1. The summed E-state index contributed by atoms with van der Waals surface area (Å²) >= 11 is 0. The summed E-state index contributed by atoms with van der Waals surface area (Å²) in [5, 5.41) is 22.9. The van der Waals surface area contributed by atoms with E-state index < -0.39 is 10.9 Å². The first-order chi connectivity index (χ1) is 10.9. The number of carbonyl (C=O) groups excluding carboxylic acids is 1. The smallest absolute Gasteiger partial charge is 0.336 e. The number of nitrogens with zero attached hydrogens (tertiary/aromatic N) is 1. The van der Waals surface area contributed by atoms with Crippen LogP contribution in [0.4, 0.5) is 11.4 Å². The number of unbranched alkanes of at least 4 members (excludes halogenated alkanes) is 3. The number of hydrogen-bond acceptors (Lipinski definition) is 4. The van der Waals surface area contributed by atoms with Crippen LogP contribution < -0.4 is 5.32 Å². The van der Waals surface area contributed by atoms with Gasteiger partial charge >= 0.3 is 5.97 Å². The van der Waals surface area contributed by atoms with Crippen molar-refractivity contribution >= 4 is 23.3 Å². The number of nitrogens with one attached hydrogen (secondary N) is 1. The molecule has 0 spiro atoms. The van der Waals surface area contributed by atoms with Crippen molar-refractivity contribution in [1.82, 2.24) is 0 Å². The highest BCUT2D eigenvalue weighted by molar-refractivity contribution is 5.98. The number of benzene rings is 1. The van der Waals surface area contributed by atoms with Gasteiger partial charge in [-0.05, 0) is 24.5 Å². The molecule has 1 rings (SSSR count). The maximum atomic E-state index is 12.0. The monoisotopic (exact) mass is 322 g/mol. The quantitative estimate of drug-likeness (QED) is 0.408. The van der Waals surface area contributed by atoms with E-state index in [-0.39, 0.29) is 41.3 Å². The first kappa shape index (κ1) is 18.6. The van der Waals surface area contributed by atoms with E-state index in [0.717, 1.165) is 25.3 Å². The number of hydrogen-bond donors (Lipinski definition) is 2.